The van der Waals surface area contributed by atoms with Gasteiger partial charge in [0.25, 0.3) is 0 Å². The van der Waals surface area contributed by atoms with E-state index >= 15 is 0 Å². The molecular weight excluding hydrogens is 468 g/mol. The molecule has 4 heterocycles. The normalized spacial score (nSPS) is 12.0. The van der Waals surface area contributed by atoms with Crippen molar-refractivity contribution in [2.24, 2.45) is 14.1 Å². The lowest BCUT2D eigenvalue weighted by Gasteiger charge is -2.09. The van der Waals surface area contributed by atoms with Gasteiger partial charge in [-0.2, -0.15) is 0 Å². The minimum Gasteiger partial charge on any atom is -0.342 e. The summed E-state index contributed by atoms with van der Waals surface area (Å²) < 4.78 is 4.52. The highest BCUT2D eigenvalue weighted by atomic mass is 15.0. The second kappa shape index (κ2) is 10.2. The second-order valence-corrected chi connectivity index (χ2v) is 10.4. The summed E-state index contributed by atoms with van der Waals surface area (Å²) in [6.07, 6.45) is 2.24. The standard InChI is InChI=1S/C32H36N6/c1-21-31-27(25-11-5-7-13-29(25)37(31)3)17-23(35-21)19-33-15-9-10-16-34-20-24-18-28-26-12-6-8-14-30(26)38(4)32(28)22(2)36-24/h5-8,11-14,17-18,33-34H,9-10,15-16,19-20H2,1-4H3. The molecule has 194 valence electrons. The first-order valence-corrected chi connectivity index (χ1v) is 13.6. The van der Waals surface area contributed by atoms with E-state index in [4.69, 9.17) is 9.97 Å². The summed E-state index contributed by atoms with van der Waals surface area (Å²) in [5.74, 6) is 0. The van der Waals surface area contributed by atoms with Gasteiger partial charge in [-0.05, 0) is 64.0 Å². The Morgan fingerprint density at radius 3 is 1.47 bits per heavy atom. The predicted octanol–water partition coefficient (Wildman–Crippen LogP) is 6.04. The van der Waals surface area contributed by atoms with Crippen LogP contribution in [-0.4, -0.2) is 32.2 Å². The third-order valence-corrected chi connectivity index (χ3v) is 7.79. The molecule has 0 radical (unpaired) electrons. The number of aromatic nitrogens is 4. The van der Waals surface area contributed by atoms with Gasteiger partial charge in [0, 0.05) is 59.8 Å². The van der Waals surface area contributed by atoms with Gasteiger partial charge < -0.3 is 19.8 Å². The Kier molecular flexibility index (Phi) is 6.60. The minimum atomic E-state index is 0.793. The lowest BCUT2D eigenvalue weighted by atomic mass is 10.1. The summed E-state index contributed by atoms with van der Waals surface area (Å²) in [6, 6.07) is 21.7. The lowest BCUT2D eigenvalue weighted by Crippen LogP contribution is -2.19. The Morgan fingerprint density at radius 1 is 0.605 bits per heavy atom. The molecule has 0 saturated heterocycles. The van der Waals surface area contributed by atoms with Gasteiger partial charge in [-0.25, -0.2) is 0 Å². The number of nitrogens with zero attached hydrogens (tertiary/aromatic N) is 4. The molecule has 6 rings (SSSR count). The molecule has 0 fully saturated rings. The van der Waals surface area contributed by atoms with Crippen LogP contribution < -0.4 is 10.6 Å². The molecule has 2 aromatic carbocycles. The highest BCUT2D eigenvalue weighted by Gasteiger charge is 2.13. The van der Waals surface area contributed by atoms with E-state index in [1.54, 1.807) is 0 Å². The third kappa shape index (κ3) is 4.34. The zero-order valence-electron chi connectivity index (χ0n) is 22.8. The fourth-order valence-electron chi connectivity index (χ4n) is 6.06. The first kappa shape index (κ1) is 24.6. The molecule has 0 bridgehead atoms. The van der Waals surface area contributed by atoms with E-state index in [0.717, 1.165) is 61.8 Å². The van der Waals surface area contributed by atoms with Crippen LogP contribution in [0, 0.1) is 13.8 Å². The average Bonchev–Trinajstić information content (AvgIpc) is 3.38. The highest BCUT2D eigenvalue weighted by Crippen LogP contribution is 2.31. The van der Waals surface area contributed by atoms with Gasteiger partial charge in [-0.15, -0.1) is 0 Å². The molecule has 0 atom stereocenters. The van der Waals surface area contributed by atoms with Crippen LogP contribution in [0.4, 0.5) is 0 Å². The van der Waals surface area contributed by atoms with Crippen molar-refractivity contribution in [2.45, 2.75) is 39.8 Å². The van der Waals surface area contributed by atoms with E-state index in [1.807, 2.05) is 0 Å². The molecule has 38 heavy (non-hydrogen) atoms. The Morgan fingerprint density at radius 2 is 1.03 bits per heavy atom. The smallest absolute Gasteiger partial charge is 0.0705 e. The van der Waals surface area contributed by atoms with E-state index in [9.17, 15) is 0 Å². The van der Waals surface area contributed by atoms with Crippen molar-refractivity contribution in [1.29, 1.82) is 0 Å². The Labute approximate surface area is 223 Å². The van der Waals surface area contributed by atoms with E-state index in [2.05, 4.69) is 108 Å². The molecule has 0 aliphatic rings. The van der Waals surface area contributed by atoms with Crippen molar-refractivity contribution in [2.75, 3.05) is 13.1 Å². The number of rotatable bonds is 9. The molecule has 4 aromatic heterocycles. The van der Waals surface area contributed by atoms with Gasteiger partial charge in [0.15, 0.2) is 0 Å². The number of aryl methyl sites for hydroxylation is 4. The highest BCUT2D eigenvalue weighted by molar-refractivity contribution is 6.09. The summed E-state index contributed by atoms with van der Waals surface area (Å²) in [7, 11) is 4.26. The average molecular weight is 505 g/mol. The van der Waals surface area contributed by atoms with Crippen LogP contribution in [0.25, 0.3) is 43.6 Å². The molecule has 0 aliphatic carbocycles. The molecule has 0 spiro atoms. The Bertz CT molecular complexity index is 1640. The maximum Gasteiger partial charge on any atom is 0.0705 e. The van der Waals surface area contributed by atoms with Gasteiger partial charge in [0.2, 0.25) is 0 Å². The van der Waals surface area contributed by atoms with Crippen LogP contribution in [0.3, 0.4) is 0 Å². The first-order valence-electron chi connectivity index (χ1n) is 13.6. The SMILES string of the molecule is Cc1nc(CNCCCCNCc2cc3c4ccccc4n(C)c3c(C)n2)cc2c3ccccc3n(C)c12. The molecule has 0 aliphatic heterocycles. The largest absolute Gasteiger partial charge is 0.342 e. The summed E-state index contributed by atoms with van der Waals surface area (Å²) >= 11 is 0. The van der Waals surface area contributed by atoms with Gasteiger partial charge in [-0.3, -0.25) is 9.97 Å². The van der Waals surface area contributed by atoms with Crippen molar-refractivity contribution >= 4 is 43.6 Å². The molecule has 2 N–H and O–H groups in total. The van der Waals surface area contributed by atoms with Crippen LogP contribution >= 0.6 is 0 Å². The summed E-state index contributed by atoms with van der Waals surface area (Å²) in [5, 5.41) is 12.4. The van der Waals surface area contributed by atoms with E-state index in [-0.39, 0.29) is 0 Å². The maximum absolute atomic E-state index is 4.88. The van der Waals surface area contributed by atoms with Gasteiger partial charge in [-0.1, -0.05) is 36.4 Å². The number of pyridine rings is 2. The number of hydrogen-bond donors (Lipinski definition) is 2. The number of unbranched alkanes of at least 4 members (excludes halogenated alkanes) is 1. The van der Waals surface area contributed by atoms with Gasteiger partial charge in [0.05, 0.1) is 33.8 Å². The number of nitrogens with one attached hydrogen (secondary N) is 2. The quantitative estimate of drug-likeness (QED) is 0.236. The van der Waals surface area contributed by atoms with Gasteiger partial charge in [0.1, 0.15) is 0 Å². The lowest BCUT2D eigenvalue weighted by molar-refractivity contribution is 0.576. The summed E-state index contributed by atoms with van der Waals surface area (Å²) in [5.41, 5.74) is 9.36. The van der Waals surface area contributed by atoms with Crippen LogP contribution in [0.1, 0.15) is 35.6 Å². The molecule has 6 heteroatoms. The fraction of sp³-hybridized carbons (Fsp3) is 0.312. The number of para-hydroxylation sites is 2. The van der Waals surface area contributed by atoms with Crippen molar-refractivity contribution in [3.05, 3.63) is 83.4 Å². The molecule has 6 nitrogen and oxygen atoms in total. The van der Waals surface area contributed by atoms with E-state index in [1.165, 1.54) is 43.6 Å². The number of fused-ring (bicyclic) bond motifs is 6. The molecule has 0 unspecified atom stereocenters. The zero-order chi connectivity index (χ0) is 26.2. The van der Waals surface area contributed by atoms with Crippen LogP contribution in [0.5, 0.6) is 0 Å². The minimum absolute atomic E-state index is 0.793. The molecular formula is C32H36N6. The van der Waals surface area contributed by atoms with E-state index in [0.29, 0.717) is 0 Å². The summed E-state index contributed by atoms with van der Waals surface area (Å²) in [6.45, 7) is 7.78. The fourth-order valence-corrected chi connectivity index (χ4v) is 6.06. The van der Waals surface area contributed by atoms with Crippen LogP contribution in [0.15, 0.2) is 60.7 Å². The topological polar surface area (TPSA) is 59.7 Å². The number of hydrogen-bond acceptors (Lipinski definition) is 4. The van der Waals surface area contributed by atoms with Crippen molar-refractivity contribution in [1.82, 2.24) is 29.7 Å². The third-order valence-electron chi connectivity index (χ3n) is 7.79. The van der Waals surface area contributed by atoms with E-state index < -0.39 is 0 Å². The Balaban J connectivity index is 1.00. The second-order valence-electron chi connectivity index (χ2n) is 10.4. The Hall–Kier alpha value is -3.74. The monoisotopic (exact) mass is 504 g/mol. The predicted molar refractivity (Wildman–Crippen MR) is 159 cm³/mol. The zero-order valence-corrected chi connectivity index (χ0v) is 22.8. The summed E-state index contributed by atoms with van der Waals surface area (Å²) in [4.78, 5) is 9.77. The van der Waals surface area contributed by atoms with Gasteiger partial charge >= 0.3 is 0 Å². The van der Waals surface area contributed by atoms with Crippen molar-refractivity contribution in [3.63, 3.8) is 0 Å². The maximum atomic E-state index is 4.88. The molecule has 6 aromatic rings. The molecule has 0 saturated carbocycles. The molecule has 0 amide bonds. The van der Waals surface area contributed by atoms with Crippen molar-refractivity contribution < 1.29 is 0 Å². The number of benzene rings is 2. The van der Waals surface area contributed by atoms with Crippen molar-refractivity contribution in [3.8, 4) is 0 Å². The van der Waals surface area contributed by atoms with Crippen LogP contribution in [0.2, 0.25) is 0 Å². The first-order chi connectivity index (χ1) is 18.5. The van der Waals surface area contributed by atoms with Crippen LogP contribution in [-0.2, 0) is 27.2 Å².